The van der Waals surface area contributed by atoms with Gasteiger partial charge in [-0.05, 0) is 29.1 Å². The molecule has 6 heteroatoms. The number of nitrogens with two attached hydrogens (primary N) is 1. The van der Waals surface area contributed by atoms with Gasteiger partial charge in [0, 0.05) is 6.54 Å². The largest absolute Gasteiger partial charge is 0.368 e. The van der Waals surface area contributed by atoms with Crippen LogP contribution < -0.4 is 5.73 Å². The van der Waals surface area contributed by atoms with Crippen molar-refractivity contribution in [2.45, 2.75) is 6.54 Å². The molecular weight excluding hydrogens is 351 g/mol. The van der Waals surface area contributed by atoms with Crippen molar-refractivity contribution >= 4 is 23.2 Å². The van der Waals surface area contributed by atoms with E-state index in [2.05, 4.69) is 0 Å². The van der Waals surface area contributed by atoms with Crippen LogP contribution in [0.4, 0.5) is 4.39 Å². The minimum absolute atomic E-state index is 0.136. The van der Waals surface area contributed by atoms with Gasteiger partial charge in [-0.3, -0.25) is 9.59 Å². The lowest BCUT2D eigenvalue weighted by Crippen LogP contribution is -2.37. The van der Waals surface area contributed by atoms with Crippen molar-refractivity contribution in [3.63, 3.8) is 0 Å². The van der Waals surface area contributed by atoms with E-state index in [9.17, 15) is 14.0 Å². The second kappa shape index (κ2) is 10.1. The fourth-order valence-corrected chi connectivity index (χ4v) is 2.88. The van der Waals surface area contributed by atoms with Crippen molar-refractivity contribution in [3.8, 4) is 0 Å². The number of carbonyl (C=O) groups excluding carboxylic acids is 2. The van der Waals surface area contributed by atoms with E-state index in [-0.39, 0.29) is 24.8 Å². The molecule has 1 heterocycles. The van der Waals surface area contributed by atoms with Gasteiger partial charge in [0.2, 0.25) is 5.91 Å². The van der Waals surface area contributed by atoms with E-state index in [1.54, 1.807) is 29.6 Å². The van der Waals surface area contributed by atoms with Crippen molar-refractivity contribution in [3.05, 3.63) is 94.4 Å². The van der Waals surface area contributed by atoms with E-state index in [4.69, 9.17) is 5.73 Å². The number of amides is 2. The summed E-state index contributed by atoms with van der Waals surface area (Å²) in [5.41, 5.74) is 5.77. The molecule has 0 unspecified atom stereocenters. The van der Waals surface area contributed by atoms with E-state index in [1.807, 2.05) is 36.4 Å². The second-order valence-corrected chi connectivity index (χ2v) is 6.34. The molecule has 0 radical (unpaired) electrons. The summed E-state index contributed by atoms with van der Waals surface area (Å²) in [6.45, 7) is -0.0648. The number of benzene rings is 2. The molecule has 3 rings (SSSR count). The minimum atomic E-state index is -0.605. The summed E-state index contributed by atoms with van der Waals surface area (Å²) in [5.74, 6) is -1.28. The van der Waals surface area contributed by atoms with Crippen molar-refractivity contribution in [1.82, 2.24) is 4.90 Å². The summed E-state index contributed by atoms with van der Waals surface area (Å²) in [6, 6.07) is 21.3. The van der Waals surface area contributed by atoms with Crippen LogP contribution >= 0.6 is 11.3 Å². The maximum absolute atomic E-state index is 13.2. The van der Waals surface area contributed by atoms with Gasteiger partial charge in [-0.25, -0.2) is 4.39 Å². The van der Waals surface area contributed by atoms with Crippen molar-refractivity contribution < 1.29 is 14.0 Å². The molecule has 0 bridgehead atoms. The third-order valence-electron chi connectivity index (χ3n) is 3.30. The lowest BCUT2D eigenvalue weighted by atomic mass is 10.2. The van der Waals surface area contributed by atoms with Crippen LogP contribution in [0.25, 0.3) is 0 Å². The highest BCUT2D eigenvalue weighted by Crippen LogP contribution is 2.15. The Morgan fingerprint density at radius 3 is 2.12 bits per heavy atom. The van der Waals surface area contributed by atoms with Gasteiger partial charge in [0.25, 0.3) is 5.91 Å². The molecule has 0 fully saturated rings. The molecule has 3 aromatic rings. The van der Waals surface area contributed by atoms with Crippen LogP contribution in [0.5, 0.6) is 0 Å². The Morgan fingerprint density at radius 1 is 0.962 bits per heavy atom. The predicted octanol–water partition coefficient (Wildman–Crippen LogP) is 3.70. The first kappa shape index (κ1) is 19.3. The number of hydrogen-bond donors (Lipinski definition) is 1. The molecular formula is C20H19FN2O2S. The van der Waals surface area contributed by atoms with Crippen LogP contribution in [0.15, 0.2) is 78.2 Å². The minimum Gasteiger partial charge on any atom is -0.368 e. The summed E-state index contributed by atoms with van der Waals surface area (Å²) in [4.78, 5) is 25.2. The van der Waals surface area contributed by atoms with E-state index in [0.29, 0.717) is 10.4 Å². The summed E-state index contributed by atoms with van der Waals surface area (Å²) in [6.07, 6.45) is 0. The molecule has 2 aromatic carbocycles. The number of hydrogen-bond acceptors (Lipinski definition) is 3. The molecule has 0 saturated carbocycles. The van der Waals surface area contributed by atoms with Gasteiger partial charge in [-0.2, -0.15) is 0 Å². The lowest BCUT2D eigenvalue weighted by molar-refractivity contribution is -0.118. The highest BCUT2D eigenvalue weighted by atomic mass is 32.1. The topological polar surface area (TPSA) is 63.4 Å². The van der Waals surface area contributed by atoms with Gasteiger partial charge in [-0.1, -0.05) is 54.6 Å². The molecule has 4 nitrogen and oxygen atoms in total. The summed E-state index contributed by atoms with van der Waals surface area (Å²) < 4.78 is 13.2. The smallest absolute Gasteiger partial charge is 0.264 e. The van der Waals surface area contributed by atoms with E-state index >= 15 is 0 Å². The predicted molar refractivity (Wildman–Crippen MR) is 101 cm³/mol. The molecule has 2 amide bonds. The van der Waals surface area contributed by atoms with Crippen LogP contribution in [0, 0.1) is 5.82 Å². The van der Waals surface area contributed by atoms with Crippen LogP contribution in [-0.4, -0.2) is 23.3 Å². The third kappa shape index (κ3) is 6.49. The molecule has 0 atom stereocenters. The standard InChI is InChI=1S/C14H13FN2O2S.C6H6/c15-11-4-1-3-10(7-11)8-17(9-13(16)18)14(19)12-5-2-6-20-12;1-2-4-6-5-3-1/h1-7H,8-9H2,(H2,16,18);1-6H. The Morgan fingerprint density at radius 2 is 1.62 bits per heavy atom. The number of rotatable bonds is 5. The fourth-order valence-electron chi connectivity index (χ4n) is 2.18. The molecule has 0 aliphatic carbocycles. The van der Waals surface area contributed by atoms with Gasteiger partial charge in [0.15, 0.2) is 0 Å². The van der Waals surface area contributed by atoms with Gasteiger partial charge < -0.3 is 10.6 Å². The summed E-state index contributed by atoms with van der Waals surface area (Å²) in [5, 5.41) is 1.78. The number of carbonyl (C=O) groups is 2. The Balaban J connectivity index is 0.000000342. The Hall–Kier alpha value is -2.99. The first-order valence-corrected chi connectivity index (χ1v) is 8.80. The molecule has 26 heavy (non-hydrogen) atoms. The van der Waals surface area contributed by atoms with E-state index < -0.39 is 5.91 Å². The highest BCUT2D eigenvalue weighted by molar-refractivity contribution is 7.12. The Kier molecular flexibility index (Phi) is 7.51. The molecule has 0 saturated heterocycles. The zero-order valence-electron chi connectivity index (χ0n) is 14.0. The fraction of sp³-hybridized carbons (Fsp3) is 0.100. The average molecular weight is 370 g/mol. The number of thiophene rings is 1. The van der Waals surface area contributed by atoms with Crippen LogP contribution in [0.2, 0.25) is 0 Å². The Labute approximate surface area is 155 Å². The first-order chi connectivity index (χ1) is 12.6. The molecule has 2 N–H and O–H groups in total. The zero-order chi connectivity index (χ0) is 18.8. The van der Waals surface area contributed by atoms with Crippen LogP contribution in [-0.2, 0) is 11.3 Å². The average Bonchev–Trinajstić information content (AvgIpc) is 3.17. The van der Waals surface area contributed by atoms with Crippen molar-refractivity contribution in [2.24, 2.45) is 5.73 Å². The second-order valence-electron chi connectivity index (χ2n) is 5.39. The molecule has 0 spiro atoms. The Bertz CT molecular complexity index is 796. The monoisotopic (exact) mass is 370 g/mol. The zero-order valence-corrected chi connectivity index (χ0v) is 14.9. The van der Waals surface area contributed by atoms with Crippen LogP contribution in [0.3, 0.4) is 0 Å². The highest BCUT2D eigenvalue weighted by Gasteiger charge is 2.19. The molecule has 0 aliphatic heterocycles. The number of halogens is 1. The normalized spacial score (nSPS) is 9.73. The maximum Gasteiger partial charge on any atom is 0.264 e. The summed E-state index contributed by atoms with van der Waals surface area (Å²) in [7, 11) is 0. The number of primary amides is 1. The van der Waals surface area contributed by atoms with Gasteiger partial charge in [0.05, 0.1) is 4.88 Å². The van der Waals surface area contributed by atoms with Gasteiger partial charge >= 0.3 is 0 Å². The van der Waals surface area contributed by atoms with E-state index in [1.165, 1.54) is 28.4 Å². The maximum atomic E-state index is 13.2. The first-order valence-electron chi connectivity index (χ1n) is 7.92. The van der Waals surface area contributed by atoms with Crippen LogP contribution in [0.1, 0.15) is 15.2 Å². The summed E-state index contributed by atoms with van der Waals surface area (Å²) >= 11 is 1.28. The SMILES string of the molecule is NC(=O)CN(Cc1cccc(F)c1)C(=O)c1cccs1.c1ccccc1. The molecule has 0 aliphatic rings. The van der Waals surface area contributed by atoms with Gasteiger partial charge in [0.1, 0.15) is 12.4 Å². The van der Waals surface area contributed by atoms with Crippen molar-refractivity contribution in [1.29, 1.82) is 0 Å². The van der Waals surface area contributed by atoms with Gasteiger partial charge in [-0.15, -0.1) is 11.3 Å². The third-order valence-corrected chi connectivity index (χ3v) is 4.15. The number of nitrogens with zero attached hydrogens (tertiary/aromatic N) is 1. The molecule has 1 aromatic heterocycles. The van der Waals surface area contributed by atoms with Crippen molar-refractivity contribution in [2.75, 3.05) is 6.54 Å². The lowest BCUT2D eigenvalue weighted by Gasteiger charge is -2.20. The molecule has 134 valence electrons. The quantitative estimate of drug-likeness (QED) is 0.744. The van der Waals surface area contributed by atoms with E-state index in [0.717, 1.165) is 0 Å².